The number of rotatable bonds is 4. The molecule has 4 heteroatoms. The topological polar surface area (TPSA) is 32.3 Å². The molecule has 0 aromatic carbocycles. The van der Waals surface area contributed by atoms with Crippen molar-refractivity contribution in [1.82, 2.24) is 10.2 Å². The number of carbonyl (C=O) groups excluding carboxylic acids is 1. The highest BCUT2D eigenvalue weighted by Gasteiger charge is 2.37. The quantitative estimate of drug-likeness (QED) is 0.841. The number of hydrogen-bond acceptors (Lipinski definition) is 2. The number of hydrogen-bond donors (Lipinski definition) is 1. The number of halogens is 1. The minimum atomic E-state index is 0. The molecule has 0 saturated heterocycles. The fourth-order valence-corrected chi connectivity index (χ4v) is 2.82. The maximum absolute atomic E-state index is 12.1. The molecule has 1 N–H and O–H groups in total. The number of nitrogens with one attached hydrogen (secondary N) is 1. The first-order valence-electron chi connectivity index (χ1n) is 6.68. The second kappa shape index (κ2) is 6.60. The molecule has 1 amide bonds. The molecule has 0 spiro atoms. The van der Waals surface area contributed by atoms with Crippen molar-refractivity contribution in [3.8, 4) is 0 Å². The van der Waals surface area contributed by atoms with Gasteiger partial charge in [-0.15, -0.1) is 12.4 Å². The van der Waals surface area contributed by atoms with Crippen molar-refractivity contribution in [3.63, 3.8) is 0 Å². The van der Waals surface area contributed by atoms with Crippen LogP contribution in [0.15, 0.2) is 0 Å². The lowest BCUT2D eigenvalue weighted by Crippen LogP contribution is -2.46. The van der Waals surface area contributed by atoms with Crippen molar-refractivity contribution in [1.29, 1.82) is 0 Å². The molecule has 2 aliphatic carbocycles. The van der Waals surface area contributed by atoms with E-state index in [1.165, 1.54) is 38.5 Å². The predicted octanol–water partition coefficient (Wildman–Crippen LogP) is 2.20. The van der Waals surface area contributed by atoms with Crippen molar-refractivity contribution in [2.45, 2.75) is 57.5 Å². The lowest BCUT2D eigenvalue weighted by molar-refractivity contribution is -0.134. The Kier molecular flexibility index (Phi) is 5.74. The van der Waals surface area contributed by atoms with Crippen molar-refractivity contribution >= 4 is 18.3 Å². The zero-order valence-corrected chi connectivity index (χ0v) is 11.8. The summed E-state index contributed by atoms with van der Waals surface area (Å²) in [7, 11) is 1.85. The van der Waals surface area contributed by atoms with Crippen LogP contribution in [0.2, 0.25) is 0 Å². The van der Waals surface area contributed by atoms with Gasteiger partial charge in [-0.2, -0.15) is 0 Å². The van der Waals surface area contributed by atoms with Gasteiger partial charge in [-0.1, -0.05) is 6.92 Å². The molecule has 3 nitrogen and oxygen atoms in total. The van der Waals surface area contributed by atoms with Crippen molar-refractivity contribution in [3.05, 3.63) is 0 Å². The highest BCUT2D eigenvalue weighted by Crippen LogP contribution is 2.35. The van der Waals surface area contributed by atoms with Crippen LogP contribution in [0.5, 0.6) is 0 Å². The van der Waals surface area contributed by atoms with E-state index in [4.69, 9.17) is 0 Å². The number of amides is 1. The summed E-state index contributed by atoms with van der Waals surface area (Å²) in [5.41, 5.74) is 0. The van der Waals surface area contributed by atoms with Crippen molar-refractivity contribution in [2.75, 3.05) is 13.6 Å². The molecule has 0 aromatic heterocycles. The second-order valence-electron chi connectivity index (χ2n) is 5.48. The minimum absolute atomic E-state index is 0. The lowest BCUT2D eigenvalue weighted by Gasteiger charge is -2.36. The van der Waals surface area contributed by atoms with Gasteiger partial charge in [0.15, 0.2) is 0 Å². The molecule has 2 aliphatic rings. The van der Waals surface area contributed by atoms with Gasteiger partial charge in [0.1, 0.15) is 0 Å². The molecule has 0 aliphatic heterocycles. The average Bonchev–Trinajstić information content (AvgIpc) is 3.06. The molecule has 2 fully saturated rings. The van der Waals surface area contributed by atoms with E-state index in [9.17, 15) is 4.79 Å². The molecule has 0 atom stereocenters. The molecule has 0 bridgehead atoms. The summed E-state index contributed by atoms with van der Waals surface area (Å²) in [6.45, 7) is 2.83. The Hall–Kier alpha value is -0.280. The van der Waals surface area contributed by atoms with E-state index in [-0.39, 0.29) is 12.4 Å². The number of nitrogens with zero attached hydrogens (tertiary/aromatic N) is 1. The first kappa shape index (κ1) is 14.8. The van der Waals surface area contributed by atoms with Gasteiger partial charge in [-0.25, -0.2) is 0 Å². The SMILES string of the molecule is CNCC(=O)N(C1CCC(C)CC1)C1CC1.Cl. The predicted molar refractivity (Wildman–Crippen MR) is 72.5 cm³/mol. The normalized spacial score (nSPS) is 28.4. The maximum Gasteiger partial charge on any atom is 0.237 e. The van der Waals surface area contributed by atoms with E-state index in [0.717, 1.165) is 5.92 Å². The van der Waals surface area contributed by atoms with Crippen LogP contribution in [0.1, 0.15) is 45.4 Å². The largest absolute Gasteiger partial charge is 0.336 e. The van der Waals surface area contributed by atoms with E-state index >= 15 is 0 Å². The summed E-state index contributed by atoms with van der Waals surface area (Å²) in [5, 5.41) is 2.99. The van der Waals surface area contributed by atoms with Crippen LogP contribution in [-0.4, -0.2) is 36.5 Å². The molecular weight excluding hydrogens is 236 g/mol. The van der Waals surface area contributed by atoms with Gasteiger partial charge in [0, 0.05) is 12.1 Å². The first-order valence-corrected chi connectivity index (χ1v) is 6.68. The molecular formula is C13H25ClN2O. The third-order valence-corrected chi connectivity index (χ3v) is 3.94. The molecule has 17 heavy (non-hydrogen) atoms. The van der Waals surface area contributed by atoms with Crippen LogP contribution in [0.3, 0.4) is 0 Å². The molecule has 0 heterocycles. The van der Waals surface area contributed by atoms with Gasteiger partial charge in [-0.3, -0.25) is 4.79 Å². The Balaban J connectivity index is 0.00000144. The molecule has 100 valence electrons. The fraction of sp³-hybridized carbons (Fsp3) is 0.923. The number of likely N-dealkylation sites (N-methyl/N-ethyl adjacent to an activating group) is 1. The van der Waals surface area contributed by atoms with Gasteiger partial charge < -0.3 is 10.2 Å². The van der Waals surface area contributed by atoms with Crippen LogP contribution < -0.4 is 5.32 Å². The monoisotopic (exact) mass is 260 g/mol. The van der Waals surface area contributed by atoms with Crippen molar-refractivity contribution in [2.24, 2.45) is 5.92 Å². The van der Waals surface area contributed by atoms with Crippen LogP contribution in [0, 0.1) is 5.92 Å². The molecule has 0 aromatic rings. The number of carbonyl (C=O) groups is 1. The molecule has 2 rings (SSSR count). The fourth-order valence-electron chi connectivity index (χ4n) is 2.82. The highest BCUT2D eigenvalue weighted by atomic mass is 35.5. The summed E-state index contributed by atoms with van der Waals surface area (Å²) < 4.78 is 0. The summed E-state index contributed by atoms with van der Waals surface area (Å²) in [4.78, 5) is 14.3. The zero-order chi connectivity index (χ0) is 11.5. The summed E-state index contributed by atoms with van der Waals surface area (Å²) in [6, 6.07) is 1.10. The van der Waals surface area contributed by atoms with Crippen LogP contribution in [0.25, 0.3) is 0 Å². The van der Waals surface area contributed by atoms with E-state index < -0.39 is 0 Å². The van der Waals surface area contributed by atoms with Crippen LogP contribution in [-0.2, 0) is 4.79 Å². The third-order valence-electron chi connectivity index (χ3n) is 3.94. The van der Waals surface area contributed by atoms with Gasteiger partial charge in [0.25, 0.3) is 0 Å². The maximum atomic E-state index is 12.1. The lowest BCUT2D eigenvalue weighted by atomic mass is 9.86. The van der Waals surface area contributed by atoms with E-state index in [0.29, 0.717) is 24.5 Å². The Morgan fingerprint density at radius 2 is 1.59 bits per heavy atom. The Morgan fingerprint density at radius 1 is 1.12 bits per heavy atom. The highest BCUT2D eigenvalue weighted by molar-refractivity contribution is 5.85. The van der Waals surface area contributed by atoms with Gasteiger partial charge in [0.05, 0.1) is 6.54 Å². The third kappa shape index (κ3) is 3.85. The first-order chi connectivity index (χ1) is 7.72. The Morgan fingerprint density at radius 3 is 2.00 bits per heavy atom. The Labute approximate surface area is 111 Å². The van der Waals surface area contributed by atoms with Gasteiger partial charge in [-0.05, 0) is 51.5 Å². The molecule has 2 saturated carbocycles. The summed E-state index contributed by atoms with van der Waals surface area (Å²) in [6.07, 6.45) is 7.46. The Bertz CT molecular complexity index is 248. The smallest absolute Gasteiger partial charge is 0.237 e. The zero-order valence-electron chi connectivity index (χ0n) is 10.9. The van der Waals surface area contributed by atoms with Crippen LogP contribution in [0.4, 0.5) is 0 Å². The average molecular weight is 261 g/mol. The minimum Gasteiger partial charge on any atom is -0.336 e. The van der Waals surface area contributed by atoms with Gasteiger partial charge in [0.2, 0.25) is 5.91 Å². The van der Waals surface area contributed by atoms with E-state index in [1.807, 2.05) is 7.05 Å². The van der Waals surface area contributed by atoms with E-state index in [2.05, 4.69) is 17.1 Å². The molecule has 0 radical (unpaired) electrons. The van der Waals surface area contributed by atoms with Crippen molar-refractivity contribution < 1.29 is 4.79 Å². The summed E-state index contributed by atoms with van der Waals surface area (Å²) in [5.74, 6) is 1.17. The van der Waals surface area contributed by atoms with E-state index in [1.54, 1.807) is 0 Å². The summed E-state index contributed by atoms with van der Waals surface area (Å²) >= 11 is 0. The standard InChI is InChI=1S/C13H24N2O.ClH/c1-10-3-5-11(6-4-10)15(12-7-8-12)13(16)9-14-2;/h10-12,14H,3-9H2,1-2H3;1H. The molecule has 0 unspecified atom stereocenters. The van der Waals surface area contributed by atoms with Crippen LogP contribution >= 0.6 is 12.4 Å². The second-order valence-corrected chi connectivity index (χ2v) is 5.48. The van der Waals surface area contributed by atoms with Gasteiger partial charge >= 0.3 is 0 Å².